The van der Waals surface area contributed by atoms with Gasteiger partial charge in [0, 0.05) is 4.48 Å². The van der Waals surface area contributed by atoms with Crippen LogP contribution >= 0.6 is 15.9 Å². The van der Waals surface area contributed by atoms with Crippen molar-refractivity contribution in [3.05, 3.63) is 42.0 Å². The van der Waals surface area contributed by atoms with Crippen molar-refractivity contribution in [2.75, 3.05) is 0 Å². The summed E-state index contributed by atoms with van der Waals surface area (Å²) < 4.78 is 24.2. The smallest absolute Gasteiger partial charge is 0.206 e. The molecule has 0 saturated carbocycles. The van der Waals surface area contributed by atoms with Crippen LogP contribution in [0.25, 0.3) is 4.48 Å². The van der Waals surface area contributed by atoms with E-state index in [0.29, 0.717) is 4.48 Å². The Hall–Kier alpha value is -0.700. The van der Waals surface area contributed by atoms with E-state index >= 15 is 0 Å². The average molecular weight is 233 g/mol. The summed E-state index contributed by atoms with van der Waals surface area (Å²) in [7, 11) is 0. The van der Waals surface area contributed by atoms with Crippen molar-refractivity contribution in [1.29, 1.82) is 0 Å². The van der Waals surface area contributed by atoms with Gasteiger partial charge in [0.1, 0.15) is 0 Å². The highest BCUT2D eigenvalue weighted by atomic mass is 79.9. The standard InChI is InChI=1S/C9H7BrF2/c10-8(6-9(11)12)7-4-2-1-3-5-7/h1-6,9H. The molecule has 0 spiro atoms. The van der Waals surface area contributed by atoms with E-state index in [9.17, 15) is 8.78 Å². The molecule has 64 valence electrons. The Labute approximate surface area is 78.0 Å². The normalized spacial score (nSPS) is 12.2. The van der Waals surface area contributed by atoms with Gasteiger partial charge in [-0.2, -0.15) is 0 Å². The number of hydrogen-bond donors (Lipinski definition) is 0. The van der Waals surface area contributed by atoms with E-state index in [4.69, 9.17) is 0 Å². The fourth-order valence-corrected chi connectivity index (χ4v) is 1.27. The molecule has 0 nitrogen and oxygen atoms in total. The molecule has 1 rings (SSSR count). The third kappa shape index (κ3) is 2.74. The Bertz CT molecular complexity index is 267. The van der Waals surface area contributed by atoms with Crippen molar-refractivity contribution in [3.63, 3.8) is 0 Å². The molecule has 0 aromatic heterocycles. The van der Waals surface area contributed by atoms with Gasteiger partial charge in [-0.15, -0.1) is 0 Å². The molecule has 1 aromatic rings. The van der Waals surface area contributed by atoms with Gasteiger partial charge in [0.25, 0.3) is 6.43 Å². The maximum atomic E-state index is 11.9. The molecule has 0 N–H and O–H groups in total. The molecule has 0 aliphatic heterocycles. The van der Waals surface area contributed by atoms with Gasteiger partial charge in [-0.1, -0.05) is 46.3 Å². The molecule has 0 saturated heterocycles. The van der Waals surface area contributed by atoms with Crippen LogP contribution in [-0.4, -0.2) is 6.43 Å². The summed E-state index contributed by atoms with van der Waals surface area (Å²) in [6.45, 7) is 0. The summed E-state index contributed by atoms with van der Waals surface area (Å²) in [6, 6.07) is 8.98. The molecular weight excluding hydrogens is 226 g/mol. The van der Waals surface area contributed by atoms with Crippen molar-refractivity contribution >= 4 is 20.4 Å². The van der Waals surface area contributed by atoms with Crippen LogP contribution < -0.4 is 0 Å². The first kappa shape index (κ1) is 9.39. The SMILES string of the molecule is FC(F)C=C(Br)c1ccccc1. The molecule has 12 heavy (non-hydrogen) atoms. The topological polar surface area (TPSA) is 0 Å². The largest absolute Gasteiger partial charge is 0.258 e. The number of halogens is 3. The molecule has 0 unspecified atom stereocenters. The van der Waals surface area contributed by atoms with E-state index < -0.39 is 6.43 Å². The molecule has 0 fully saturated rings. The number of hydrogen-bond acceptors (Lipinski definition) is 0. The zero-order valence-corrected chi connectivity index (χ0v) is 7.76. The fraction of sp³-hybridized carbons (Fsp3) is 0.111. The predicted octanol–water partition coefficient (Wildman–Crippen LogP) is 3.69. The predicted molar refractivity (Wildman–Crippen MR) is 49.4 cm³/mol. The van der Waals surface area contributed by atoms with Gasteiger partial charge in [0.05, 0.1) is 0 Å². The van der Waals surface area contributed by atoms with Gasteiger partial charge in [-0.05, 0) is 11.6 Å². The van der Waals surface area contributed by atoms with Crippen LogP contribution in [0.1, 0.15) is 5.56 Å². The highest BCUT2D eigenvalue weighted by molar-refractivity contribution is 9.15. The summed E-state index contributed by atoms with van der Waals surface area (Å²) in [5.41, 5.74) is 0.762. The van der Waals surface area contributed by atoms with Crippen LogP contribution in [0.4, 0.5) is 8.78 Å². The van der Waals surface area contributed by atoms with E-state index in [1.54, 1.807) is 24.3 Å². The maximum absolute atomic E-state index is 11.9. The summed E-state index contributed by atoms with van der Waals surface area (Å²) in [5.74, 6) is 0. The van der Waals surface area contributed by atoms with Crippen molar-refractivity contribution in [2.24, 2.45) is 0 Å². The second-order valence-corrected chi connectivity index (χ2v) is 3.07. The lowest BCUT2D eigenvalue weighted by molar-refractivity contribution is 0.205. The molecule has 0 atom stereocenters. The van der Waals surface area contributed by atoms with Crippen LogP contribution in [0.5, 0.6) is 0 Å². The third-order valence-electron chi connectivity index (χ3n) is 1.32. The molecule has 0 aliphatic rings. The quantitative estimate of drug-likeness (QED) is 0.730. The first-order valence-corrected chi connectivity index (χ1v) is 4.20. The van der Waals surface area contributed by atoms with E-state index in [0.717, 1.165) is 11.6 Å². The van der Waals surface area contributed by atoms with Crippen LogP contribution in [-0.2, 0) is 0 Å². The molecule has 0 bridgehead atoms. The first-order chi connectivity index (χ1) is 5.70. The third-order valence-corrected chi connectivity index (χ3v) is 2.04. The highest BCUT2D eigenvalue weighted by Crippen LogP contribution is 2.21. The van der Waals surface area contributed by atoms with Crippen LogP contribution in [0, 0.1) is 0 Å². The lowest BCUT2D eigenvalue weighted by Crippen LogP contribution is -1.83. The Kier molecular flexibility index (Phi) is 3.41. The van der Waals surface area contributed by atoms with Crippen molar-refractivity contribution in [2.45, 2.75) is 6.43 Å². The molecule has 0 heterocycles. The van der Waals surface area contributed by atoms with E-state index in [2.05, 4.69) is 15.9 Å². The van der Waals surface area contributed by atoms with E-state index in [1.807, 2.05) is 6.07 Å². The minimum absolute atomic E-state index is 0.429. The minimum Gasteiger partial charge on any atom is -0.206 e. The second kappa shape index (κ2) is 4.36. The molecule has 1 aromatic carbocycles. The molecule has 3 heteroatoms. The Morgan fingerprint density at radius 2 is 1.83 bits per heavy atom. The Morgan fingerprint density at radius 1 is 1.25 bits per heavy atom. The van der Waals surface area contributed by atoms with E-state index in [-0.39, 0.29) is 0 Å². The molecule has 0 amide bonds. The van der Waals surface area contributed by atoms with Gasteiger partial charge < -0.3 is 0 Å². The van der Waals surface area contributed by atoms with Gasteiger partial charge in [-0.3, -0.25) is 0 Å². The number of alkyl halides is 2. The zero-order chi connectivity index (χ0) is 8.97. The van der Waals surface area contributed by atoms with Gasteiger partial charge in [0.2, 0.25) is 0 Å². The van der Waals surface area contributed by atoms with Gasteiger partial charge in [0.15, 0.2) is 0 Å². The van der Waals surface area contributed by atoms with Gasteiger partial charge in [-0.25, -0.2) is 8.78 Å². The summed E-state index contributed by atoms with van der Waals surface area (Å²) in [5, 5.41) is 0. The Morgan fingerprint density at radius 3 is 2.33 bits per heavy atom. The number of rotatable bonds is 2. The lowest BCUT2D eigenvalue weighted by Gasteiger charge is -1.97. The second-order valence-electron chi connectivity index (χ2n) is 2.22. The van der Waals surface area contributed by atoms with Crippen LogP contribution in [0.15, 0.2) is 36.4 Å². The molecule has 0 aliphatic carbocycles. The molecular formula is C9H7BrF2. The number of benzene rings is 1. The summed E-state index contributed by atoms with van der Waals surface area (Å²) in [4.78, 5) is 0. The Balaban J connectivity index is 2.85. The van der Waals surface area contributed by atoms with Crippen LogP contribution in [0.3, 0.4) is 0 Å². The zero-order valence-electron chi connectivity index (χ0n) is 6.18. The van der Waals surface area contributed by atoms with Crippen molar-refractivity contribution in [1.82, 2.24) is 0 Å². The molecule has 0 radical (unpaired) electrons. The fourth-order valence-electron chi connectivity index (χ4n) is 0.804. The highest BCUT2D eigenvalue weighted by Gasteiger charge is 2.00. The number of allylic oxidation sites excluding steroid dienone is 1. The van der Waals surface area contributed by atoms with E-state index in [1.165, 1.54) is 0 Å². The van der Waals surface area contributed by atoms with Crippen LogP contribution in [0.2, 0.25) is 0 Å². The monoisotopic (exact) mass is 232 g/mol. The maximum Gasteiger partial charge on any atom is 0.258 e. The summed E-state index contributed by atoms with van der Waals surface area (Å²) >= 11 is 3.07. The van der Waals surface area contributed by atoms with Crippen molar-refractivity contribution in [3.8, 4) is 0 Å². The summed E-state index contributed by atoms with van der Waals surface area (Å²) in [6.07, 6.45) is -1.55. The van der Waals surface area contributed by atoms with Gasteiger partial charge >= 0.3 is 0 Å². The lowest BCUT2D eigenvalue weighted by atomic mass is 10.2. The average Bonchev–Trinajstić information content (AvgIpc) is 2.05. The first-order valence-electron chi connectivity index (χ1n) is 3.41. The minimum atomic E-state index is -2.42. The van der Waals surface area contributed by atoms with Crippen molar-refractivity contribution < 1.29 is 8.78 Å².